The van der Waals surface area contributed by atoms with Crippen LogP contribution in [0.15, 0.2) is 48.5 Å². The summed E-state index contributed by atoms with van der Waals surface area (Å²) in [4.78, 5) is 27.1. The minimum absolute atomic E-state index is 0.0180. The Morgan fingerprint density at radius 3 is 2.54 bits per heavy atom. The minimum atomic E-state index is -0.191. The minimum Gasteiger partial charge on any atom is -0.493 e. The van der Waals surface area contributed by atoms with E-state index in [0.717, 1.165) is 24.1 Å². The number of amides is 2. The molecular formula is C22H26N2O4. The maximum atomic E-state index is 12.8. The lowest BCUT2D eigenvalue weighted by atomic mass is 9.96. The first-order valence-corrected chi connectivity index (χ1v) is 9.45. The largest absolute Gasteiger partial charge is 0.493 e. The van der Waals surface area contributed by atoms with Crippen LogP contribution in [0, 0.1) is 5.92 Å². The standard InChI is InChI=1S/C22H26N2O4/c1-27-19-11-10-16(13-20(19)28-2)14-21(25)24-12-6-7-17(15-24)22(26)23-18-8-4-3-5-9-18/h3-5,8-11,13,17H,6-7,12,14-15H2,1-2H3,(H,23,26)/t17-/m0/s1. The highest BCUT2D eigenvalue weighted by Crippen LogP contribution is 2.28. The van der Waals surface area contributed by atoms with E-state index >= 15 is 0 Å². The maximum Gasteiger partial charge on any atom is 0.229 e. The highest BCUT2D eigenvalue weighted by molar-refractivity contribution is 5.93. The lowest BCUT2D eigenvalue weighted by Gasteiger charge is -2.32. The van der Waals surface area contributed by atoms with Gasteiger partial charge in [-0.2, -0.15) is 0 Å². The van der Waals surface area contributed by atoms with Crippen LogP contribution in [-0.2, 0) is 16.0 Å². The second-order valence-electron chi connectivity index (χ2n) is 6.90. The zero-order valence-corrected chi connectivity index (χ0v) is 16.3. The topological polar surface area (TPSA) is 67.9 Å². The first-order chi connectivity index (χ1) is 13.6. The van der Waals surface area contributed by atoms with E-state index in [1.165, 1.54) is 0 Å². The molecule has 0 aromatic heterocycles. The van der Waals surface area contributed by atoms with Crippen LogP contribution >= 0.6 is 0 Å². The van der Waals surface area contributed by atoms with E-state index in [1.807, 2.05) is 42.5 Å². The van der Waals surface area contributed by atoms with Gasteiger partial charge in [-0.05, 0) is 42.7 Å². The second kappa shape index (κ2) is 9.26. The van der Waals surface area contributed by atoms with Gasteiger partial charge in [-0.1, -0.05) is 24.3 Å². The fourth-order valence-corrected chi connectivity index (χ4v) is 3.46. The van der Waals surface area contributed by atoms with Crippen molar-refractivity contribution in [2.75, 3.05) is 32.6 Å². The van der Waals surface area contributed by atoms with E-state index < -0.39 is 0 Å². The van der Waals surface area contributed by atoms with Crippen LogP contribution < -0.4 is 14.8 Å². The molecule has 0 saturated carbocycles. The van der Waals surface area contributed by atoms with Crippen molar-refractivity contribution in [1.29, 1.82) is 0 Å². The van der Waals surface area contributed by atoms with Crippen molar-refractivity contribution in [1.82, 2.24) is 4.90 Å². The molecule has 2 aromatic rings. The summed E-state index contributed by atoms with van der Waals surface area (Å²) in [6, 6.07) is 14.9. The van der Waals surface area contributed by atoms with Crippen LogP contribution in [-0.4, -0.2) is 44.0 Å². The molecule has 1 aliphatic rings. The van der Waals surface area contributed by atoms with Crippen molar-refractivity contribution in [3.63, 3.8) is 0 Å². The molecule has 28 heavy (non-hydrogen) atoms. The number of anilines is 1. The number of hydrogen-bond donors (Lipinski definition) is 1. The summed E-state index contributed by atoms with van der Waals surface area (Å²) in [5.74, 6) is 1.03. The number of benzene rings is 2. The molecule has 148 valence electrons. The molecule has 1 fully saturated rings. The summed E-state index contributed by atoms with van der Waals surface area (Å²) < 4.78 is 10.5. The first kappa shape index (κ1) is 19.7. The van der Waals surface area contributed by atoms with Crippen LogP contribution in [0.2, 0.25) is 0 Å². The van der Waals surface area contributed by atoms with Crippen molar-refractivity contribution in [3.05, 3.63) is 54.1 Å². The number of para-hydroxylation sites is 1. The quantitative estimate of drug-likeness (QED) is 0.834. The number of methoxy groups -OCH3 is 2. The van der Waals surface area contributed by atoms with Gasteiger partial charge in [0.2, 0.25) is 11.8 Å². The van der Waals surface area contributed by atoms with Crippen molar-refractivity contribution in [2.24, 2.45) is 5.92 Å². The number of likely N-dealkylation sites (tertiary alicyclic amines) is 1. The van der Waals surface area contributed by atoms with Gasteiger partial charge < -0.3 is 19.7 Å². The van der Waals surface area contributed by atoms with Gasteiger partial charge >= 0.3 is 0 Å². The molecule has 2 amide bonds. The first-order valence-electron chi connectivity index (χ1n) is 9.45. The van der Waals surface area contributed by atoms with E-state index in [4.69, 9.17) is 9.47 Å². The third kappa shape index (κ3) is 4.82. The van der Waals surface area contributed by atoms with Crippen molar-refractivity contribution < 1.29 is 19.1 Å². The summed E-state index contributed by atoms with van der Waals surface area (Å²) in [6.45, 7) is 1.13. The number of hydrogen-bond acceptors (Lipinski definition) is 4. The van der Waals surface area contributed by atoms with Crippen LogP contribution in [0.1, 0.15) is 18.4 Å². The molecule has 1 atom stereocenters. The molecule has 1 saturated heterocycles. The third-order valence-corrected chi connectivity index (χ3v) is 4.99. The van der Waals surface area contributed by atoms with Crippen molar-refractivity contribution >= 4 is 17.5 Å². The Kier molecular flexibility index (Phi) is 6.53. The zero-order chi connectivity index (χ0) is 19.9. The van der Waals surface area contributed by atoms with Gasteiger partial charge in [0, 0.05) is 18.8 Å². The number of ether oxygens (including phenoxy) is 2. The van der Waals surface area contributed by atoms with Gasteiger partial charge in [0.25, 0.3) is 0 Å². The van der Waals surface area contributed by atoms with Crippen LogP contribution in [0.5, 0.6) is 11.5 Å². The highest BCUT2D eigenvalue weighted by atomic mass is 16.5. The monoisotopic (exact) mass is 382 g/mol. The van der Waals surface area contributed by atoms with Gasteiger partial charge in [-0.3, -0.25) is 9.59 Å². The molecule has 1 aliphatic heterocycles. The SMILES string of the molecule is COc1ccc(CC(=O)N2CCC[C@H](C(=O)Nc3ccccc3)C2)cc1OC. The van der Waals surface area contributed by atoms with Gasteiger partial charge in [-0.15, -0.1) is 0 Å². The smallest absolute Gasteiger partial charge is 0.229 e. The zero-order valence-electron chi connectivity index (χ0n) is 16.3. The number of rotatable bonds is 6. The summed E-state index contributed by atoms with van der Waals surface area (Å²) in [6.07, 6.45) is 1.89. The Labute approximate surface area is 165 Å². The average molecular weight is 382 g/mol. The summed E-state index contributed by atoms with van der Waals surface area (Å²) in [5.41, 5.74) is 1.64. The lowest BCUT2D eigenvalue weighted by molar-refractivity contribution is -0.133. The second-order valence-corrected chi connectivity index (χ2v) is 6.90. The van der Waals surface area contributed by atoms with Crippen LogP contribution in [0.3, 0.4) is 0 Å². The maximum absolute atomic E-state index is 12.8. The van der Waals surface area contributed by atoms with E-state index in [0.29, 0.717) is 24.6 Å². The van der Waals surface area contributed by atoms with Crippen LogP contribution in [0.4, 0.5) is 5.69 Å². The summed E-state index contributed by atoms with van der Waals surface area (Å²) in [7, 11) is 3.15. The number of nitrogens with zero attached hydrogens (tertiary/aromatic N) is 1. The molecule has 0 unspecified atom stereocenters. The predicted molar refractivity (Wildman–Crippen MR) is 108 cm³/mol. The van der Waals surface area contributed by atoms with Crippen LogP contribution in [0.25, 0.3) is 0 Å². The van der Waals surface area contributed by atoms with Gasteiger partial charge in [0.15, 0.2) is 11.5 Å². The molecule has 1 heterocycles. The normalized spacial score (nSPS) is 16.4. The van der Waals surface area contributed by atoms with Gasteiger partial charge in [0.1, 0.15) is 0 Å². The van der Waals surface area contributed by atoms with E-state index in [1.54, 1.807) is 25.2 Å². The molecular weight excluding hydrogens is 356 g/mol. The summed E-state index contributed by atoms with van der Waals surface area (Å²) >= 11 is 0. The van der Waals surface area contributed by atoms with Gasteiger partial charge in [0.05, 0.1) is 26.6 Å². The summed E-state index contributed by atoms with van der Waals surface area (Å²) in [5, 5.41) is 2.94. The molecule has 0 aliphatic carbocycles. The number of nitrogens with one attached hydrogen (secondary N) is 1. The lowest BCUT2D eigenvalue weighted by Crippen LogP contribution is -2.44. The Hall–Kier alpha value is -3.02. The van der Waals surface area contributed by atoms with Crippen molar-refractivity contribution in [3.8, 4) is 11.5 Å². The van der Waals surface area contributed by atoms with E-state index in [2.05, 4.69) is 5.32 Å². The number of piperidine rings is 1. The highest BCUT2D eigenvalue weighted by Gasteiger charge is 2.28. The van der Waals surface area contributed by atoms with E-state index in [9.17, 15) is 9.59 Å². The molecule has 6 heteroatoms. The predicted octanol–water partition coefficient (Wildman–Crippen LogP) is 3.12. The molecule has 0 spiro atoms. The number of carbonyl (C=O) groups is 2. The molecule has 0 radical (unpaired) electrons. The number of carbonyl (C=O) groups excluding carboxylic acids is 2. The fraction of sp³-hybridized carbons (Fsp3) is 0.364. The molecule has 6 nitrogen and oxygen atoms in total. The van der Waals surface area contributed by atoms with E-state index in [-0.39, 0.29) is 24.2 Å². The third-order valence-electron chi connectivity index (χ3n) is 4.99. The Morgan fingerprint density at radius 2 is 1.82 bits per heavy atom. The Balaban J connectivity index is 1.60. The fourth-order valence-electron chi connectivity index (χ4n) is 3.46. The Bertz CT molecular complexity index is 823. The van der Waals surface area contributed by atoms with Gasteiger partial charge in [-0.25, -0.2) is 0 Å². The molecule has 2 aromatic carbocycles. The molecule has 3 rings (SSSR count). The Morgan fingerprint density at radius 1 is 1.07 bits per heavy atom. The molecule has 0 bridgehead atoms. The van der Waals surface area contributed by atoms with Crippen molar-refractivity contribution in [2.45, 2.75) is 19.3 Å². The molecule has 1 N–H and O–H groups in total. The average Bonchev–Trinajstić information content (AvgIpc) is 2.74.